The van der Waals surface area contributed by atoms with Crippen LogP contribution in [0, 0.1) is 13.8 Å². The smallest absolute Gasteiger partial charge is 0.0564 e. The molecule has 2 N–H and O–H groups in total. The first-order chi connectivity index (χ1) is 12.0. The summed E-state index contributed by atoms with van der Waals surface area (Å²) in [4.78, 5) is 2.44. The number of anilines is 1. The minimum Gasteiger partial charge on any atom is -0.393 e. The largest absolute Gasteiger partial charge is 0.393 e. The molecule has 0 aliphatic carbocycles. The highest BCUT2D eigenvalue weighted by Crippen LogP contribution is 2.27. The Kier molecular flexibility index (Phi) is 5.77. The molecule has 25 heavy (non-hydrogen) atoms. The molecular formula is C22H30N2O. The Morgan fingerprint density at radius 2 is 1.80 bits per heavy atom. The summed E-state index contributed by atoms with van der Waals surface area (Å²) in [6.07, 6.45) is 1.65. The molecule has 3 nitrogen and oxygen atoms in total. The molecule has 134 valence electrons. The summed E-state index contributed by atoms with van der Waals surface area (Å²) < 4.78 is 0. The van der Waals surface area contributed by atoms with Crippen molar-refractivity contribution in [1.29, 1.82) is 0 Å². The third kappa shape index (κ3) is 4.42. The predicted molar refractivity (Wildman–Crippen MR) is 105 cm³/mol. The molecule has 0 spiro atoms. The number of hydrogen-bond acceptors (Lipinski definition) is 3. The van der Waals surface area contributed by atoms with Gasteiger partial charge in [-0.1, -0.05) is 36.4 Å². The van der Waals surface area contributed by atoms with Crippen molar-refractivity contribution in [3.05, 3.63) is 64.7 Å². The molecule has 2 aromatic rings. The maximum Gasteiger partial charge on any atom is 0.0564 e. The van der Waals surface area contributed by atoms with Gasteiger partial charge in [0.1, 0.15) is 0 Å². The number of piperidine rings is 1. The van der Waals surface area contributed by atoms with Crippen LogP contribution in [0.25, 0.3) is 0 Å². The Labute approximate surface area is 151 Å². The molecule has 1 unspecified atom stereocenters. The van der Waals surface area contributed by atoms with Crippen molar-refractivity contribution in [3.63, 3.8) is 0 Å². The lowest BCUT2D eigenvalue weighted by atomic mass is 9.98. The highest BCUT2D eigenvalue weighted by atomic mass is 16.3. The summed E-state index contributed by atoms with van der Waals surface area (Å²) in [7, 11) is 0. The van der Waals surface area contributed by atoms with Gasteiger partial charge in [-0.05, 0) is 61.9 Å². The summed E-state index contributed by atoms with van der Waals surface area (Å²) in [6.45, 7) is 9.49. The molecule has 2 aromatic carbocycles. The first-order valence-electron chi connectivity index (χ1n) is 9.35. The van der Waals surface area contributed by atoms with Crippen molar-refractivity contribution in [1.82, 2.24) is 4.90 Å². The van der Waals surface area contributed by atoms with Crippen molar-refractivity contribution in [2.24, 2.45) is 0 Å². The predicted octanol–water partition coefficient (Wildman–Crippen LogP) is 4.43. The first-order valence-corrected chi connectivity index (χ1v) is 9.35. The van der Waals surface area contributed by atoms with Crippen LogP contribution in [0.4, 0.5) is 5.69 Å². The standard InChI is InChI=1S/C22H30N2O/c1-16-7-6-9-21(17(16)2)18(3)23-22-10-5-4-8-19(22)15-24-13-11-20(25)12-14-24/h4-10,18,20,23,25H,11-15H2,1-3H3. The van der Waals surface area contributed by atoms with E-state index in [0.717, 1.165) is 32.5 Å². The van der Waals surface area contributed by atoms with Gasteiger partial charge < -0.3 is 10.4 Å². The van der Waals surface area contributed by atoms with E-state index < -0.39 is 0 Å². The van der Waals surface area contributed by atoms with Crippen molar-refractivity contribution in [2.45, 2.75) is 52.3 Å². The SMILES string of the molecule is Cc1cccc(C(C)Nc2ccccc2CN2CCC(O)CC2)c1C. The molecule has 1 aliphatic heterocycles. The van der Waals surface area contributed by atoms with Crippen LogP contribution in [0.5, 0.6) is 0 Å². The lowest BCUT2D eigenvalue weighted by Crippen LogP contribution is -2.35. The second kappa shape index (κ2) is 8.03. The highest BCUT2D eigenvalue weighted by Gasteiger charge is 2.18. The van der Waals surface area contributed by atoms with Crippen molar-refractivity contribution in [3.8, 4) is 0 Å². The van der Waals surface area contributed by atoms with E-state index in [9.17, 15) is 5.11 Å². The number of nitrogens with zero attached hydrogens (tertiary/aromatic N) is 1. The van der Waals surface area contributed by atoms with Crippen molar-refractivity contribution >= 4 is 5.69 Å². The van der Waals surface area contributed by atoms with Gasteiger partial charge in [-0.3, -0.25) is 4.90 Å². The van der Waals surface area contributed by atoms with E-state index in [-0.39, 0.29) is 12.1 Å². The number of aryl methyl sites for hydroxylation is 1. The summed E-state index contributed by atoms with van der Waals surface area (Å²) in [6, 6.07) is 15.4. The van der Waals surface area contributed by atoms with Crippen LogP contribution < -0.4 is 5.32 Å². The maximum atomic E-state index is 9.70. The fourth-order valence-electron chi connectivity index (χ4n) is 3.67. The summed E-state index contributed by atoms with van der Waals surface area (Å²) in [5.74, 6) is 0. The second-order valence-electron chi connectivity index (χ2n) is 7.32. The fraction of sp³-hybridized carbons (Fsp3) is 0.455. The molecule has 3 heteroatoms. The van der Waals surface area contributed by atoms with E-state index in [1.165, 1.54) is 27.9 Å². The maximum absolute atomic E-state index is 9.70. The second-order valence-corrected chi connectivity index (χ2v) is 7.32. The quantitative estimate of drug-likeness (QED) is 0.846. The van der Waals surface area contributed by atoms with E-state index in [2.05, 4.69) is 73.5 Å². The van der Waals surface area contributed by atoms with E-state index in [1.807, 2.05) is 0 Å². The Morgan fingerprint density at radius 3 is 2.56 bits per heavy atom. The molecule has 1 heterocycles. The Morgan fingerprint density at radius 1 is 1.08 bits per heavy atom. The van der Waals surface area contributed by atoms with Crippen molar-refractivity contribution < 1.29 is 5.11 Å². The number of para-hydroxylation sites is 1. The first kappa shape index (κ1) is 18.0. The van der Waals surface area contributed by atoms with Crippen LogP contribution >= 0.6 is 0 Å². The van der Waals surface area contributed by atoms with Crippen LogP contribution in [0.15, 0.2) is 42.5 Å². The van der Waals surface area contributed by atoms with Crippen molar-refractivity contribution in [2.75, 3.05) is 18.4 Å². The fourth-order valence-corrected chi connectivity index (χ4v) is 3.67. The zero-order valence-corrected chi connectivity index (χ0v) is 15.6. The number of hydrogen-bond donors (Lipinski definition) is 2. The van der Waals surface area contributed by atoms with Gasteiger partial charge in [0.15, 0.2) is 0 Å². The van der Waals surface area contributed by atoms with Crippen LogP contribution in [-0.2, 0) is 6.54 Å². The number of likely N-dealkylation sites (tertiary alicyclic amines) is 1. The molecule has 1 aliphatic rings. The monoisotopic (exact) mass is 338 g/mol. The lowest BCUT2D eigenvalue weighted by molar-refractivity contribution is 0.0793. The Balaban J connectivity index is 1.73. The molecule has 0 radical (unpaired) electrons. The Bertz CT molecular complexity index is 705. The summed E-state index contributed by atoms with van der Waals surface area (Å²) in [5, 5.41) is 13.4. The summed E-state index contributed by atoms with van der Waals surface area (Å²) in [5.41, 5.74) is 6.60. The van der Waals surface area contributed by atoms with Crippen LogP contribution in [0.3, 0.4) is 0 Å². The summed E-state index contributed by atoms with van der Waals surface area (Å²) >= 11 is 0. The normalized spacial score (nSPS) is 17.4. The van der Waals surface area contributed by atoms with Gasteiger partial charge in [0.2, 0.25) is 0 Å². The van der Waals surface area contributed by atoms with Gasteiger partial charge in [0.25, 0.3) is 0 Å². The van der Waals surface area contributed by atoms with E-state index in [4.69, 9.17) is 0 Å². The van der Waals surface area contributed by atoms with Gasteiger partial charge in [-0.2, -0.15) is 0 Å². The minimum atomic E-state index is -0.117. The molecule has 3 rings (SSSR count). The molecule has 0 aromatic heterocycles. The van der Waals surface area contributed by atoms with Crippen LogP contribution in [0.2, 0.25) is 0 Å². The minimum absolute atomic E-state index is 0.117. The zero-order valence-electron chi connectivity index (χ0n) is 15.6. The van der Waals surface area contributed by atoms with Gasteiger partial charge in [-0.25, -0.2) is 0 Å². The third-order valence-electron chi connectivity index (χ3n) is 5.45. The van der Waals surface area contributed by atoms with Gasteiger partial charge in [0, 0.05) is 31.4 Å². The molecule has 1 fully saturated rings. The molecule has 1 atom stereocenters. The highest BCUT2D eigenvalue weighted by molar-refractivity contribution is 5.53. The molecule has 0 bridgehead atoms. The van der Waals surface area contributed by atoms with E-state index >= 15 is 0 Å². The van der Waals surface area contributed by atoms with Gasteiger partial charge in [-0.15, -0.1) is 0 Å². The van der Waals surface area contributed by atoms with E-state index in [0.29, 0.717) is 0 Å². The average Bonchev–Trinajstić information content (AvgIpc) is 2.61. The number of nitrogens with one attached hydrogen (secondary N) is 1. The lowest BCUT2D eigenvalue weighted by Gasteiger charge is -2.30. The number of rotatable bonds is 5. The van der Waals surface area contributed by atoms with Crippen LogP contribution in [0.1, 0.15) is 48.1 Å². The number of benzene rings is 2. The third-order valence-corrected chi connectivity index (χ3v) is 5.45. The average molecular weight is 338 g/mol. The molecule has 1 saturated heterocycles. The number of aliphatic hydroxyl groups is 1. The van der Waals surface area contributed by atoms with Gasteiger partial charge >= 0.3 is 0 Å². The zero-order chi connectivity index (χ0) is 17.8. The topological polar surface area (TPSA) is 35.5 Å². The molecular weight excluding hydrogens is 308 g/mol. The van der Waals surface area contributed by atoms with Crippen LogP contribution in [-0.4, -0.2) is 29.2 Å². The molecule has 0 amide bonds. The van der Waals surface area contributed by atoms with E-state index in [1.54, 1.807) is 0 Å². The Hall–Kier alpha value is -1.84. The number of aliphatic hydroxyl groups excluding tert-OH is 1. The molecule has 0 saturated carbocycles. The van der Waals surface area contributed by atoms with Gasteiger partial charge in [0.05, 0.1) is 6.10 Å².